The number of hydrogen-bond acceptors (Lipinski definition) is 3. The van der Waals surface area contributed by atoms with Gasteiger partial charge in [-0.1, -0.05) is 6.92 Å². The van der Waals surface area contributed by atoms with E-state index in [-0.39, 0.29) is 12.5 Å². The van der Waals surface area contributed by atoms with Gasteiger partial charge >= 0.3 is 0 Å². The molecule has 1 aliphatic rings. The minimum atomic E-state index is 0.113. The van der Waals surface area contributed by atoms with E-state index < -0.39 is 0 Å². The normalized spacial score (nSPS) is 21.3. The molecule has 0 aliphatic carbocycles. The Morgan fingerprint density at radius 3 is 2.76 bits per heavy atom. The minimum absolute atomic E-state index is 0.113. The van der Waals surface area contributed by atoms with Crippen LogP contribution in [0, 0.1) is 5.92 Å². The van der Waals surface area contributed by atoms with Gasteiger partial charge in [0, 0.05) is 25.7 Å². The van der Waals surface area contributed by atoms with E-state index in [1.165, 1.54) is 6.42 Å². The smallest absolute Gasteiger partial charge is 0.236 e. The van der Waals surface area contributed by atoms with E-state index >= 15 is 0 Å². The number of carbonyl (C=O) groups is 1. The topological polar surface area (TPSA) is 43.8 Å². The Morgan fingerprint density at radius 1 is 1.53 bits per heavy atom. The van der Waals surface area contributed by atoms with Crippen LogP contribution in [-0.2, 0) is 4.79 Å². The molecule has 1 saturated heterocycles. The molecule has 1 N–H and O–H groups in total. The predicted octanol–water partition coefficient (Wildman–Crippen LogP) is 0.948. The van der Waals surface area contributed by atoms with Crippen LogP contribution >= 0.6 is 0 Å². The van der Waals surface area contributed by atoms with Gasteiger partial charge in [-0.15, -0.1) is 0 Å². The zero-order chi connectivity index (χ0) is 12.8. The Morgan fingerprint density at radius 2 is 2.24 bits per heavy atom. The van der Waals surface area contributed by atoms with Crippen molar-refractivity contribution in [3.63, 3.8) is 0 Å². The van der Waals surface area contributed by atoms with Gasteiger partial charge in [0.25, 0.3) is 0 Å². The van der Waals surface area contributed by atoms with Gasteiger partial charge in [-0.05, 0) is 32.6 Å². The maximum Gasteiger partial charge on any atom is 0.236 e. The van der Waals surface area contributed by atoms with E-state index in [9.17, 15) is 4.79 Å². The van der Waals surface area contributed by atoms with Crippen molar-refractivity contribution in [2.24, 2.45) is 5.92 Å². The SMILES string of the molecule is CC1CCCN(C(=O)CN(CCO)C(C)C)C1. The van der Waals surface area contributed by atoms with Gasteiger partial charge in [0.05, 0.1) is 13.2 Å². The lowest BCUT2D eigenvalue weighted by Crippen LogP contribution is -2.47. The molecule has 17 heavy (non-hydrogen) atoms. The van der Waals surface area contributed by atoms with Crippen molar-refractivity contribution in [2.75, 3.05) is 32.8 Å². The molecule has 0 bridgehead atoms. The summed E-state index contributed by atoms with van der Waals surface area (Å²) in [5, 5.41) is 8.98. The number of amides is 1. The second kappa shape index (κ2) is 6.97. The van der Waals surface area contributed by atoms with Gasteiger partial charge in [0.2, 0.25) is 5.91 Å². The molecular formula is C13H26N2O2. The summed E-state index contributed by atoms with van der Waals surface area (Å²) in [5.41, 5.74) is 0. The molecule has 0 aromatic heterocycles. The van der Waals surface area contributed by atoms with E-state index in [2.05, 4.69) is 20.8 Å². The van der Waals surface area contributed by atoms with E-state index in [4.69, 9.17) is 5.11 Å². The van der Waals surface area contributed by atoms with Crippen LogP contribution in [0.3, 0.4) is 0 Å². The van der Waals surface area contributed by atoms with Gasteiger partial charge in [-0.3, -0.25) is 9.69 Å². The summed E-state index contributed by atoms with van der Waals surface area (Å²) in [6, 6.07) is 0.299. The number of hydrogen-bond donors (Lipinski definition) is 1. The fourth-order valence-electron chi connectivity index (χ4n) is 2.34. The predicted molar refractivity (Wildman–Crippen MR) is 68.8 cm³/mol. The van der Waals surface area contributed by atoms with Crippen molar-refractivity contribution in [3.05, 3.63) is 0 Å². The van der Waals surface area contributed by atoms with Crippen LogP contribution in [0.25, 0.3) is 0 Å². The molecule has 1 atom stereocenters. The fraction of sp³-hybridized carbons (Fsp3) is 0.923. The highest BCUT2D eigenvalue weighted by molar-refractivity contribution is 5.78. The highest BCUT2D eigenvalue weighted by Crippen LogP contribution is 2.15. The molecule has 4 nitrogen and oxygen atoms in total. The van der Waals surface area contributed by atoms with Crippen molar-refractivity contribution in [2.45, 2.75) is 39.7 Å². The van der Waals surface area contributed by atoms with E-state index in [1.54, 1.807) is 0 Å². The minimum Gasteiger partial charge on any atom is -0.395 e. The zero-order valence-electron chi connectivity index (χ0n) is 11.4. The number of aliphatic hydroxyl groups excluding tert-OH is 1. The summed E-state index contributed by atoms with van der Waals surface area (Å²) in [7, 11) is 0. The van der Waals surface area contributed by atoms with Crippen molar-refractivity contribution in [1.29, 1.82) is 0 Å². The summed E-state index contributed by atoms with van der Waals surface area (Å²) in [4.78, 5) is 16.1. The maximum absolute atomic E-state index is 12.1. The monoisotopic (exact) mass is 242 g/mol. The molecule has 0 aromatic carbocycles. The van der Waals surface area contributed by atoms with Gasteiger partial charge in [0.15, 0.2) is 0 Å². The highest BCUT2D eigenvalue weighted by atomic mass is 16.3. The van der Waals surface area contributed by atoms with E-state index in [1.807, 2.05) is 9.80 Å². The molecule has 1 aliphatic heterocycles. The van der Waals surface area contributed by atoms with Crippen molar-refractivity contribution in [3.8, 4) is 0 Å². The number of piperidine rings is 1. The summed E-state index contributed by atoms with van der Waals surface area (Å²) in [5.74, 6) is 0.830. The summed E-state index contributed by atoms with van der Waals surface area (Å²) in [6.07, 6.45) is 2.35. The van der Waals surface area contributed by atoms with Crippen molar-refractivity contribution >= 4 is 5.91 Å². The molecule has 100 valence electrons. The largest absolute Gasteiger partial charge is 0.395 e. The molecule has 1 amide bonds. The molecule has 1 rings (SSSR count). The fourth-order valence-corrected chi connectivity index (χ4v) is 2.34. The average Bonchev–Trinajstić information content (AvgIpc) is 2.28. The van der Waals surface area contributed by atoms with Gasteiger partial charge < -0.3 is 10.0 Å². The summed E-state index contributed by atoms with van der Waals surface area (Å²) >= 11 is 0. The summed E-state index contributed by atoms with van der Waals surface area (Å²) in [6.45, 7) is 9.23. The number of rotatable bonds is 5. The summed E-state index contributed by atoms with van der Waals surface area (Å²) < 4.78 is 0. The molecule has 1 fully saturated rings. The van der Waals surface area contributed by atoms with Crippen LogP contribution in [0.5, 0.6) is 0 Å². The molecule has 0 spiro atoms. The van der Waals surface area contributed by atoms with Crippen LogP contribution in [0.2, 0.25) is 0 Å². The second-order valence-corrected chi connectivity index (χ2v) is 5.37. The van der Waals surface area contributed by atoms with E-state index in [0.717, 1.165) is 19.5 Å². The first-order valence-electron chi connectivity index (χ1n) is 6.67. The third kappa shape index (κ3) is 4.64. The molecular weight excluding hydrogens is 216 g/mol. The number of likely N-dealkylation sites (tertiary alicyclic amines) is 1. The Balaban J connectivity index is 2.45. The lowest BCUT2D eigenvalue weighted by molar-refractivity contribution is -0.134. The number of aliphatic hydroxyl groups is 1. The average molecular weight is 242 g/mol. The van der Waals surface area contributed by atoms with Crippen LogP contribution < -0.4 is 0 Å². The van der Waals surface area contributed by atoms with Crippen molar-refractivity contribution in [1.82, 2.24) is 9.80 Å². The third-order valence-corrected chi connectivity index (χ3v) is 3.47. The first-order chi connectivity index (χ1) is 8.04. The molecule has 1 heterocycles. The highest BCUT2D eigenvalue weighted by Gasteiger charge is 2.23. The van der Waals surface area contributed by atoms with Crippen LogP contribution in [0.1, 0.15) is 33.6 Å². The van der Waals surface area contributed by atoms with Crippen LogP contribution in [0.4, 0.5) is 0 Å². The Hall–Kier alpha value is -0.610. The maximum atomic E-state index is 12.1. The van der Waals surface area contributed by atoms with Gasteiger partial charge in [-0.25, -0.2) is 0 Å². The molecule has 0 aromatic rings. The van der Waals surface area contributed by atoms with Crippen LogP contribution in [0.15, 0.2) is 0 Å². The molecule has 1 unspecified atom stereocenters. The Bertz CT molecular complexity index is 244. The first kappa shape index (κ1) is 14.5. The lowest BCUT2D eigenvalue weighted by atomic mass is 10.0. The Kier molecular flexibility index (Phi) is 5.92. The van der Waals surface area contributed by atoms with Gasteiger partial charge in [0.1, 0.15) is 0 Å². The Labute approximate surface area is 105 Å². The van der Waals surface area contributed by atoms with Gasteiger partial charge in [-0.2, -0.15) is 0 Å². The third-order valence-electron chi connectivity index (χ3n) is 3.47. The number of nitrogens with zero attached hydrogens (tertiary/aromatic N) is 2. The standard InChI is InChI=1S/C13H26N2O2/c1-11(2)14(7-8-16)10-13(17)15-6-4-5-12(3)9-15/h11-12,16H,4-10H2,1-3H3. The zero-order valence-corrected chi connectivity index (χ0v) is 11.4. The van der Waals surface area contributed by atoms with Crippen molar-refractivity contribution < 1.29 is 9.90 Å². The number of carbonyl (C=O) groups excluding carboxylic acids is 1. The second-order valence-electron chi connectivity index (χ2n) is 5.37. The van der Waals surface area contributed by atoms with Crippen LogP contribution in [-0.4, -0.2) is 59.6 Å². The molecule has 4 heteroatoms. The first-order valence-corrected chi connectivity index (χ1v) is 6.67. The molecule has 0 saturated carbocycles. The van der Waals surface area contributed by atoms with E-state index in [0.29, 0.717) is 25.0 Å². The lowest BCUT2D eigenvalue weighted by Gasteiger charge is -2.33. The molecule has 0 radical (unpaired) electrons. The quantitative estimate of drug-likeness (QED) is 0.780.